The first-order chi connectivity index (χ1) is 15.9. The fourth-order valence-corrected chi connectivity index (χ4v) is 4.14. The number of fused-ring (bicyclic) bond motifs is 2. The number of amides is 2. The van der Waals surface area contributed by atoms with Crippen LogP contribution in [0.2, 0.25) is 0 Å². The van der Waals surface area contributed by atoms with Crippen molar-refractivity contribution in [3.8, 4) is 5.75 Å². The van der Waals surface area contributed by atoms with Crippen molar-refractivity contribution in [1.82, 2.24) is 9.97 Å². The molecule has 1 unspecified atom stereocenters. The number of nitrogens with zero attached hydrogens (tertiary/aromatic N) is 3. The monoisotopic (exact) mass is 506 g/mol. The number of hydrogen-bond acceptors (Lipinski definition) is 7. The molecular weight excluding hydrogens is 492 g/mol. The molecular formula is C23H15BrN4O5. The predicted molar refractivity (Wildman–Crippen MR) is 122 cm³/mol. The number of halogens is 1. The van der Waals surface area contributed by atoms with Gasteiger partial charge in [-0.15, -0.1) is 0 Å². The first-order valence-electron chi connectivity index (χ1n) is 9.82. The van der Waals surface area contributed by atoms with E-state index in [1.165, 1.54) is 17.3 Å². The Kier molecular flexibility index (Phi) is 5.14. The van der Waals surface area contributed by atoms with E-state index < -0.39 is 17.9 Å². The van der Waals surface area contributed by atoms with Crippen LogP contribution >= 0.6 is 15.9 Å². The molecule has 0 saturated heterocycles. The lowest BCUT2D eigenvalue weighted by atomic mass is 9.98. The van der Waals surface area contributed by atoms with Gasteiger partial charge in [0.25, 0.3) is 11.8 Å². The minimum Gasteiger partial charge on any atom is -0.484 e. The Morgan fingerprint density at radius 3 is 2.55 bits per heavy atom. The van der Waals surface area contributed by atoms with Crippen molar-refractivity contribution in [2.75, 3.05) is 11.5 Å². The Morgan fingerprint density at radius 2 is 1.85 bits per heavy atom. The van der Waals surface area contributed by atoms with Gasteiger partial charge in [-0.3, -0.25) is 19.3 Å². The van der Waals surface area contributed by atoms with Gasteiger partial charge in [0.15, 0.2) is 12.0 Å². The van der Waals surface area contributed by atoms with Gasteiger partial charge in [-0.05, 0) is 42.0 Å². The second-order valence-electron chi connectivity index (χ2n) is 7.26. The molecule has 1 atom stereocenters. The van der Waals surface area contributed by atoms with Crippen molar-refractivity contribution >= 4 is 44.7 Å². The standard InChI is InChI=1S/C23H15BrN4O5/c24-13-4-7-16-15(10-13)20(30)18-19(12-2-5-14(6-3-12)32-11-17(25)29)28(22(31)21(18)33-16)23-26-8-1-9-27-23/h1-10,19H,11H2,(H2,25,29). The molecule has 2 aromatic heterocycles. The van der Waals surface area contributed by atoms with Gasteiger partial charge in [-0.1, -0.05) is 28.1 Å². The first kappa shape index (κ1) is 20.8. The van der Waals surface area contributed by atoms with Crippen LogP contribution in [0.3, 0.4) is 0 Å². The molecule has 0 saturated carbocycles. The summed E-state index contributed by atoms with van der Waals surface area (Å²) < 4.78 is 11.9. The van der Waals surface area contributed by atoms with Crippen molar-refractivity contribution in [3.63, 3.8) is 0 Å². The lowest BCUT2D eigenvalue weighted by Crippen LogP contribution is -2.31. The number of anilines is 1. The molecule has 5 rings (SSSR count). The van der Waals surface area contributed by atoms with Crippen LogP contribution in [0.25, 0.3) is 11.0 Å². The zero-order valence-corrected chi connectivity index (χ0v) is 18.5. The molecule has 3 heterocycles. The van der Waals surface area contributed by atoms with Crippen LogP contribution in [0.1, 0.15) is 27.7 Å². The van der Waals surface area contributed by atoms with Crippen molar-refractivity contribution in [2.45, 2.75) is 6.04 Å². The maximum Gasteiger partial charge on any atom is 0.297 e. The van der Waals surface area contributed by atoms with Crippen LogP contribution in [0.5, 0.6) is 5.75 Å². The molecule has 2 N–H and O–H groups in total. The van der Waals surface area contributed by atoms with Crippen LogP contribution in [-0.2, 0) is 4.79 Å². The zero-order valence-electron chi connectivity index (χ0n) is 16.9. The van der Waals surface area contributed by atoms with Crippen molar-refractivity contribution < 1.29 is 18.7 Å². The highest BCUT2D eigenvalue weighted by Gasteiger charge is 2.44. The number of nitrogens with two attached hydrogens (primary N) is 1. The third-order valence-electron chi connectivity index (χ3n) is 5.18. The third-order valence-corrected chi connectivity index (χ3v) is 5.67. The van der Waals surface area contributed by atoms with Crippen LogP contribution in [0.15, 0.2) is 74.6 Å². The number of aromatic nitrogens is 2. The molecule has 1 aliphatic heterocycles. The topological polar surface area (TPSA) is 129 Å². The Bertz CT molecular complexity index is 1450. The number of hydrogen-bond donors (Lipinski definition) is 1. The van der Waals surface area contributed by atoms with E-state index in [9.17, 15) is 14.4 Å². The van der Waals surface area contributed by atoms with Crippen LogP contribution < -0.4 is 20.8 Å². The molecule has 0 aliphatic carbocycles. The van der Waals surface area contributed by atoms with E-state index in [4.69, 9.17) is 14.9 Å². The first-order valence-corrected chi connectivity index (χ1v) is 10.6. The molecule has 10 heteroatoms. The summed E-state index contributed by atoms with van der Waals surface area (Å²) in [6.07, 6.45) is 3.03. The fraction of sp³-hybridized carbons (Fsp3) is 0.0870. The van der Waals surface area contributed by atoms with Crippen LogP contribution in [0, 0.1) is 0 Å². The Hall–Kier alpha value is -4.05. The van der Waals surface area contributed by atoms with Gasteiger partial charge in [-0.25, -0.2) is 9.97 Å². The molecule has 0 fully saturated rings. The van der Waals surface area contributed by atoms with Gasteiger partial charge in [0, 0.05) is 16.9 Å². The van der Waals surface area contributed by atoms with Crippen molar-refractivity contribution in [3.05, 3.63) is 92.5 Å². The van der Waals surface area contributed by atoms with E-state index in [0.29, 0.717) is 26.8 Å². The third kappa shape index (κ3) is 3.64. The summed E-state index contributed by atoms with van der Waals surface area (Å²) in [5, 5.41) is 0.346. The lowest BCUT2D eigenvalue weighted by Gasteiger charge is -2.23. The highest BCUT2D eigenvalue weighted by molar-refractivity contribution is 9.10. The number of primary amides is 1. The minimum absolute atomic E-state index is 0.0543. The maximum atomic E-state index is 13.5. The lowest BCUT2D eigenvalue weighted by molar-refractivity contribution is -0.119. The fourth-order valence-electron chi connectivity index (χ4n) is 3.78. The molecule has 1 aliphatic rings. The minimum atomic E-state index is -0.820. The van der Waals surface area contributed by atoms with Crippen molar-refractivity contribution in [2.24, 2.45) is 5.73 Å². The van der Waals surface area contributed by atoms with E-state index >= 15 is 0 Å². The summed E-state index contributed by atoms with van der Waals surface area (Å²) in [6, 6.07) is 12.5. The number of benzene rings is 2. The molecule has 4 aromatic rings. The number of ether oxygens (including phenoxy) is 1. The Morgan fingerprint density at radius 1 is 1.12 bits per heavy atom. The largest absolute Gasteiger partial charge is 0.484 e. The van der Waals surface area contributed by atoms with Gasteiger partial charge < -0.3 is 14.9 Å². The second-order valence-corrected chi connectivity index (χ2v) is 8.18. The Labute approximate surface area is 194 Å². The summed E-state index contributed by atoms with van der Waals surface area (Å²) in [6.45, 7) is -0.265. The van der Waals surface area contributed by atoms with Gasteiger partial charge in [0.2, 0.25) is 11.7 Å². The molecule has 164 valence electrons. The van der Waals surface area contributed by atoms with E-state index in [1.54, 1.807) is 48.5 Å². The van der Waals surface area contributed by atoms with Crippen LogP contribution in [0.4, 0.5) is 5.95 Å². The summed E-state index contributed by atoms with van der Waals surface area (Å²) in [4.78, 5) is 47.7. The smallest absolute Gasteiger partial charge is 0.297 e. The number of carbonyl (C=O) groups is 2. The zero-order chi connectivity index (χ0) is 23.1. The quantitative estimate of drug-likeness (QED) is 0.440. The molecule has 33 heavy (non-hydrogen) atoms. The summed E-state index contributed by atoms with van der Waals surface area (Å²) >= 11 is 3.38. The number of carbonyl (C=O) groups excluding carboxylic acids is 2. The number of rotatable bonds is 5. The Balaban J connectivity index is 1.69. The van der Waals surface area contributed by atoms with Gasteiger partial charge in [-0.2, -0.15) is 0 Å². The highest BCUT2D eigenvalue weighted by atomic mass is 79.9. The van der Waals surface area contributed by atoms with Crippen molar-refractivity contribution in [1.29, 1.82) is 0 Å². The average Bonchev–Trinajstić information content (AvgIpc) is 3.11. The molecule has 9 nitrogen and oxygen atoms in total. The van der Waals surface area contributed by atoms with Gasteiger partial charge in [0.1, 0.15) is 11.3 Å². The molecule has 0 spiro atoms. The predicted octanol–water partition coefficient (Wildman–Crippen LogP) is 2.96. The SMILES string of the molecule is NC(=O)COc1ccc(C2c3c(oc4ccc(Br)cc4c3=O)C(=O)N2c2ncccn2)cc1. The average molecular weight is 507 g/mol. The molecule has 2 aromatic carbocycles. The highest BCUT2D eigenvalue weighted by Crippen LogP contribution is 2.40. The van der Waals surface area contributed by atoms with E-state index in [2.05, 4.69) is 25.9 Å². The molecule has 2 amide bonds. The second kappa shape index (κ2) is 8.14. The summed E-state index contributed by atoms with van der Waals surface area (Å²) in [5.41, 5.74) is 5.92. The van der Waals surface area contributed by atoms with E-state index in [-0.39, 0.29) is 29.3 Å². The maximum absolute atomic E-state index is 13.5. The summed E-state index contributed by atoms with van der Waals surface area (Å²) in [5.74, 6) is -0.618. The van der Waals surface area contributed by atoms with Gasteiger partial charge >= 0.3 is 0 Å². The van der Waals surface area contributed by atoms with Gasteiger partial charge in [0.05, 0.1) is 17.0 Å². The van der Waals surface area contributed by atoms with Crippen LogP contribution in [-0.4, -0.2) is 28.4 Å². The molecule has 0 radical (unpaired) electrons. The van der Waals surface area contributed by atoms with E-state index in [1.807, 2.05) is 0 Å². The van der Waals surface area contributed by atoms with E-state index in [0.717, 1.165) is 0 Å². The molecule has 0 bridgehead atoms. The summed E-state index contributed by atoms with van der Waals surface area (Å²) in [7, 11) is 0. The normalized spacial score (nSPS) is 15.0.